The van der Waals surface area contributed by atoms with Crippen molar-refractivity contribution in [3.63, 3.8) is 0 Å². The summed E-state index contributed by atoms with van der Waals surface area (Å²) in [4.78, 5) is 0. The third kappa shape index (κ3) is 1.86. The summed E-state index contributed by atoms with van der Waals surface area (Å²) in [6, 6.07) is 0. The molecule has 0 aliphatic heterocycles. The maximum Gasteiger partial charge on any atom is 0.124 e. The number of halogens is 1. The number of hydrogen-bond donors (Lipinski definition) is 6. The molecule has 1 aliphatic carbocycles. The fraction of sp³-hybridized carbons (Fsp3) is 1.00. The molecule has 0 heterocycles. The highest BCUT2D eigenvalue weighted by atomic mass is 19.1. The summed E-state index contributed by atoms with van der Waals surface area (Å²) in [6.07, 6.45) is -9.92. The van der Waals surface area contributed by atoms with Gasteiger partial charge in [0.15, 0.2) is 0 Å². The molecule has 6 atom stereocenters. The Labute approximate surface area is 85.2 Å². The molecule has 15 heavy (non-hydrogen) atoms. The summed E-state index contributed by atoms with van der Waals surface area (Å²) >= 11 is 0. The topological polar surface area (TPSA) is 121 Å². The van der Waals surface area contributed by atoms with E-state index in [1.54, 1.807) is 0 Å². The molecule has 6 N–H and O–H groups in total. The number of alkyl halides is 1. The van der Waals surface area contributed by atoms with Gasteiger partial charge in [-0.2, -0.15) is 0 Å². The molecule has 0 aromatic heterocycles. The summed E-state index contributed by atoms with van der Waals surface area (Å²) < 4.78 is 12.1. The lowest BCUT2D eigenvalue weighted by molar-refractivity contribution is -0.270. The normalized spacial score (nSPS) is 51.8. The van der Waals surface area contributed by atoms with Crippen LogP contribution >= 0.6 is 0 Å². The quantitative estimate of drug-likeness (QED) is 0.296. The van der Waals surface area contributed by atoms with Crippen LogP contribution in [-0.2, 0) is 0 Å². The van der Waals surface area contributed by atoms with Gasteiger partial charge in [-0.1, -0.05) is 0 Å². The second kappa shape index (κ2) is 4.28. The molecule has 0 amide bonds. The lowest BCUT2D eigenvalue weighted by atomic mass is 9.73. The molecule has 1 aliphatic rings. The van der Waals surface area contributed by atoms with Crippen LogP contribution in [-0.4, -0.2) is 73.4 Å². The molecule has 0 radical (unpaired) electrons. The molecule has 1 rings (SSSR count). The van der Waals surface area contributed by atoms with Gasteiger partial charge in [0.2, 0.25) is 0 Å². The molecule has 0 aromatic rings. The largest absolute Gasteiger partial charge is 0.387 e. The predicted octanol–water partition coefficient (Wildman–Crippen LogP) is -3.10. The van der Waals surface area contributed by atoms with Crippen LogP contribution in [0.5, 0.6) is 0 Å². The average molecular weight is 226 g/mol. The van der Waals surface area contributed by atoms with Gasteiger partial charge in [-0.05, 0) is 0 Å². The van der Waals surface area contributed by atoms with Crippen LogP contribution in [0.15, 0.2) is 0 Å². The third-order valence-electron chi connectivity index (χ3n) is 2.87. The van der Waals surface area contributed by atoms with Crippen LogP contribution in [0.2, 0.25) is 0 Å². The first-order valence-electron chi connectivity index (χ1n) is 4.55. The number of aliphatic hydroxyl groups excluding tert-OH is 5. The van der Waals surface area contributed by atoms with E-state index in [4.69, 9.17) is 5.11 Å². The molecule has 2 unspecified atom stereocenters. The summed E-state index contributed by atoms with van der Waals surface area (Å²) in [6.45, 7) is -1.04. The molecule has 0 aromatic carbocycles. The zero-order chi connectivity index (χ0) is 11.8. The van der Waals surface area contributed by atoms with Crippen molar-refractivity contribution in [2.45, 2.75) is 42.5 Å². The van der Waals surface area contributed by atoms with Gasteiger partial charge in [0.25, 0.3) is 0 Å². The van der Waals surface area contributed by atoms with Crippen LogP contribution in [0, 0.1) is 0 Å². The Kier molecular flexibility index (Phi) is 3.64. The number of hydrogen-bond acceptors (Lipinski definition) is 6. The number of aliphatic hydroxyl groups is 6. The van der Waals surface area contributed by atoms with E-state index in [0.717, 1.165) is 0 Å². The fourth-order valence-electron chi connectivity index (χ4n) is 1.79. The van der Waals surface area contributed by atoms with Crippen molar-refractivity contribution in [3.8, 4) is 0 Å². The molecule has 1 saturated carbocycles. The second-order valence-electron chi connectivity index (χ2n) is 3.79. The van der Waals surface area contributed by atoms with Crippen LogP contribution in [0.25, 0.3) is 0 Å². The highest BCUT2D eigenvalue weighted by Crippen LogP contribution is 2.32. The van der Waals surface area contributed by atoms with Gasteiger partial charge in [-0.15, -0.1) is 0 Å². The summed E-state index contributed by atoms with van der Waals surface area (Å²) in [5, 5.41) is 56.1. The van der Waals surface area contributed by atoms with E-state index in [-0.39, 0.29) is 0 Å². The van der Waals surface area contributed by atoms with Crippen molar-refractivity contribution in [1.82, 2.24) is 0 Å². The zero-order valence-corrected chi connectivity index (χ0v) is 7.86. The molecular weight excluding hydrogens is 211 g/mol. The Morgan fingerprint density at radius 3 is 1.60 bits per heavy atom. The van der Waals surface area contributed by atoms with Crippen LogP contribution in [0.1, 0.15) is 6.42 Å². The maximum absolute atomic E-state index is 12.1. The maximum atomic E-state index is 12.1. The third-order valence-corrected chi connectivity index (χ3v) is 2.87. The molecule has 90 valence electrons. The minimum atomic E-state index is -2.35. The van der Waals surface area contributed by atoms with Crippen LogP contribution < -0.4 is 0 Å². The monoisotopic (exact) mass is 226 g/mol. The van der Waals surface area contributed by atoms with Crippen molar-refractivity contribution in [2.24, 2.45) is 0 Å². The Bertz CT molecular complexity index is 209. The van der Waals surface area contributed by atoms with Crippen molar-refractivity contribution >= 4 is 0 Å². The summed E-state index contributed by atoms with van der Waals surface area (Å²) in [7, 11) is 0. The predicted molar refractivity (Wildman–Crippen MR) is 45.6 cm³/mol. The summed E-state index contributed by atoms with van der Waals surface area (Å²) in [5.41, 5.74) is -2.35. The zero-order valence-electron chi connectivity index (χ0n) is 7.86. The minimum Gasteiger partial charge on any atom is -0.387 e. The van der Waals surface area contributed by atoms with Gasteiger partial charge >= 0.3 is 0 Å². The number of rotatable bonds is 2. The lowest BCUT2D eigenvalue weighted by Gasteiger charge is -2.47. The molecular formula is C8H15FO6. The van der Waals surface area contributed by atoms with Gasteiger partial charge in [-0.25, -0.2) is 0 Å². The smallest absolute Gasteiger partial charge is 0.124 e. The minimum absolute atomic E-state index is 0.643. The first-order chi connectivity index (χ1) is 6.86. The molecule has 0 spiro atoms. The van der Waals surface area contributed by atoms with Crippen molar-refractivity contribution in [2.75, 3.05) is 6.67 Å². The molecule has 6 nitrogen and oxygen atoms in total. The van der Waals surface area contributed by atoms with Gasteiger partial charge in [-0.3, -0.25) is 4.39 Å². The molecule has 1 fully saturated rings. The SMILES string of the molecule is OC1[C@@H](O)[C@H](O)C(O)(CCF)[C@H](O)[C@H]1O. The van der Waals surface area contributed by atoms with Gasteiger partial charge in [0.05, 0.1) is 6.67 Å². The van der Waals surface area contributed by atoms with Crippen LogP contribution in [0.4, 0.5) is 4.39 Å². The highest BCUT2D eigenvalue weighted by molar-refractivity contribution is 5.08. The first kappa shape index (κ1) is 12.8. The molecule has 0 bridgehead atoms. The average Bonchev–Trinajstić information content (AvgIpc) is 2.22. The van der Waals surface area contributed by atoms with E-state index < -0.39 is 49.2 Å². The van der Waals surface area contributed by atoms with E-state index in [9.17, 15) is 29.9 Å². The molecule has 7 heteroatoms. The Hall–Kier alpha value is -0.310. The van der Waals surface area contributed by atoms with E-state index in [1.807, 2.05) is 0 Å². The van der Waals surface area contributed by atoms with Gasteiger partial charge < -0.3 is 30.6 Å². The fourth-order valence-corrected chi connectivity index (χ4v) is 1.79. The van der Waals surface area contributed by atoms with Gasteiger partial charge in [0.1, 0.15) is 36.1 Å². The lowest BCUT2D eigenvalue weighted by Crippen LogP contribution is -2.70. The van der Waals surface area contributed by atoms with E-state index >= 15 is 0 Å². The van der Waals surface area contributed by atoms with Crippen LogP contribution in [0.3, 0.4) is 0 Å². The Morgan fingerprint density at radius 2 is 1.27 bits per heavy atom. The Balaban J connectivity index is 2.95. The molecule has 0 saturated heterocycles. The highest BCUT2D eigenvalue weighted by Gasteiger charge is 2.57. The van der Waals surface area contributed by atoms with Crippen molar-refractivity contribution in [1.29, 1.82) is 0 Å². The van der Waals surface area contributed by atoms with E-state index in [2.05, 4.69) is 0 Å². The summed E-state index contributed by atoms with van der Waals surface area (Å²) in [5.74, 6) is 0. The van der Waals surface area contributed by atoms with Crippen molar-refractivity contribution < 1.29 is 35.0 Å². The first-order valence-corrected chi connectivity index (χ1v) is 4.55. The van der Waals surface area contributed by atoms with E-state index in [0.29, 0.717) is 0 Å². The van der Waals surface area contributed by atoms with E-state index in [1.165, 1.54) is 0 Å². The van der Waals surface area contributed by atoms with Gasteiger partial charge in [0, 0.05) is 6.42 Å². The second-order valence-corrected chi connectivity index (χ2v) is 3.79. The standard InChI is InChI=1S/C8H15FO6/c9-2-1-8(15)6(13)4(11)3(10)5(12)7(8)14/h3-7,10-15H,1-2H2/t3?,4-,5+,6+,7-,8?. The van der Waals surface area contributed by atoms with Crippen molar-refractivity contribution in [3.05, 3.63) is 0 Å². The Morgan fingerprint density at radius 1 is 0.867 bits per heavy atom.